The maximum absolute atomic E-state index is 13.7. The summed E-state index contributed by atoms with van der Waals surface area (Å²) in [5, 5.41) is 5.62. The summed E-state index contributed by atoms with van der Waals surface area (Å²) in [4.78, 5) is 16.8. The molecule has 1 heterocycles. The fourth-order valence-electron chi connectivity index (χ4n) is 2.32. The molecule has 1 amide bonds. The number of hydrogen-bond donors (Lipinski definition) is 1. The first-order valence-corrected chi connectivity index (χ1v) is 8.66. The molecule has 0 aliphatic rings. The van der Waals surface area contributed by atoms with Crippen LogP contribution in [0, 0.1) is 12.7 Å². The molecule has 0 spiro atoms. The van der Waals surface area contributed by atoms with E-state index in [0.29, 0.717) is 23.5 Å². The third kappa shape index (κ3) is 4.42. The van der Waals surface area contributed by atoms with Gasteiger partial charge >= 0.3 is 0 Å². The van der Waals surface area contributed by atoms with E-state index < -0.39 is 0 Å². The Morgan fingerprint density at radius 2 is 1.96 bits per heavy atom. The van der Waals surface area contributed by atoms with Crippen molar-refractivity contribution >= 4 is 17.2 Å². The Labute approximate surface area is 149 Å². The molecule has 128 valence electrons. The van der Waals surface area contributed by atoms with E-state index in [1.54, 1.807) is 53.8 Å². The van der Waals surface area contributed by atoms with Crippen LogP contribution in [0.5, 0.6) is 5.75 Å². The number of nitrogens with one attached hydrogen (secondary N) is 1. The zero-order valence-corrected chi connectivity index (χ0v) is 14.5. The minimum atomic E-state index is -0.341. The van der Waals surface area contributed by atoms with E-state index in [2.05, 4.69) is 10.3 Å². The molecule has 1 aromatic heterocycles. The molecule has 0 atom stereocenters. The van der Waals surface area contributed by atoms with E-state index >= 15 is 0 Å². The molecular formula is C19H17FN2O2S. The highest BCUT2D eigenvalue weighted by atomic mass is 32.1. The maximum atomic E-state index is 13.7. The standard InChI is InChI=1S/C19H17FN2O2S/c1-13-22-15(12-25-13)11-24-18-9-5-3-7-16(18)19(23)21-10-14-6-2-4-8-17(14)20/h2-9,12H,10-11H2,1H3,(H,21,23). The summed E-state index contributed by atoms with van der Waals surface area (Å²) in [7, 11) is 0. The van der Waals surface area contributed by atoms with Crippen molar-refractivity contribution in [1.29, 1.82) is 0 Å². The van der Waals surface area contributed by atoms with Gasteiger partial charge in [-0.05, 0) is 25.1 Å². The first-order valence-electron chi connectivity index (χ1n) is 7.78. The van der Waals surface area contributed by atoms with Gasteiger partial charge in [-0.15, -0.1) is 11.3 Å². The second-order valence-electron chi connectivity index (χ2n) is 5.42. The van der Waals surface area contributed by atoms with Crippen LogP contribution in [0.2, 0.25) is 0 Å². The Bertz CT molecular complexity index is 879. The molecule has 25 heavy (non-hydrogen) atoms. The third-order valence-corrected chi connectivity index (χ3v) is 4.39. The number of hydrogen-bond acceptors (Lipinski definition) is 4. The maximum Gasteiger partial charge on any atom is 0.255 e. The SMILES string of the molecule is Cc1nc(COc2ccccc2C(=O)NCc2ccccc2F)cs1. The Balaban J connectivity index is 1.67. The van der Waals surface area contributed by atoms with E-state index in [1.807, 2.05) is 12.3 Å². The monoisotopic (exact) mass is 356 g/mol. The van der Waals surface area contributed by atoms with Gasteiger partial charge in [0.15, 0.2) is 0 Å². The highest BCUT2D eigenvalue weighted by Crippen LogP contribution is 2.20. The Hall–Kier alpha value is -2.73. The molecule has 3 rings (SSSR count). The number of halogens is 1. The quantitative estimate of drug-likeness (QED) is 0.723. The minimum Gasteiger partial charge on any atom is -0.486 e. The molecule has 1 N–H and O–H groups in total. The lowest BCUT2D eigenvalue weighted by Gasteiger charge is -2.11. The molecule has 3 aromatic rings. The summed E-state index contributed by atoms with van der Waals surface area (Å²) >= 11 is 1.55. The smallest absolute Gasteiger partial charge is 0.255 e. The van der Waals surface area contributed by atoms with Gasteiger partial charge in [0.1, 0.15) is 18.2 Å². The van der Waals surface area contributed by atoms with E-state index in [9.17, 15) is 9.18 Å². The fourth-order valence-corrected chi connectivity index (χ4v) is 2.92. The number of nitrogens with zero attached hydrogens (tertiary/aromatic N) is 1. The van der Waals surface area contributed by atoms with Crippen molar-refractivity contribution in [2.24, 2.45) is 0 Å². The molecule has 0 aliphatic heterocycles. The number of carbonyl (C=O) groups excluding carboxylic acids is 1. The molecule has 0 saturated carbocycles. The van der Waals surface area contributed by atoms with Crippen molar-refractivity contribution in [3.8, 4) is 5.75 Å². The number of aromatic nitrogens is 1. The molecular weight excluding hydrogens is 339 g/mol. The van der Waals surface area contributed by atoms with E-state index in [4.69, 9.17) is 4.74 Å². The first kappa shape index (κ1) is 17.1. The van der Waals surface area contributed by atoms with Crippen LogP contribution in [0.15, 0.2) is 53.9 Å². The van der Waals surface area contributed by atoms with Crippen molar-refractivity contribution in [3.63, 3.8) is 0 Å². The van der Waals surface area contributed by atoms with Crippen molar-refractivity contribution in [2.75, 3.05) is 0 Å². The molecule has 0 unspecified atom stereocenters. The lowest BCUT2D eigenvalue weighted by Crippen LogP contribution is -2.24. The van der Waals surface area contributed by atoms with Gasteiger partial charge in [-0.1, -0.05) is 30.3 Å². The normalized spacial score (nSPS) is 10.5. The van der Waals surface area contributed by atoms with Gasteiger partial charge in [-0.3, -0.25) is 4.79 Å². The lowest BCUT2D eigenvalue weighted by molar-refractivity contribution is 0.0946. The van der Waals surface area contributed by atoms with E-state index in [1.165, 1.54) is 6.07 Å². The average molecular weight is 356 g/mol. The first-order chi connectivity index (χ1) is 12.1. The molecule has 6 heteroatoms. The largest absolute Gasteiger partial charge is 0.486 e. The second kappa shape index (κ2) is 7.90. The van der Waals surface area contributed by atoms with Crippen LogP contribution >= 0.6 is 11.3 Å². The molecule has 0 fully saturated rings. The van der Waals surface area contributed by atoms with Crippen LogP contribution in [0.25, 0.3) is 0 Å². The predicted molar refractivity (Wildman–Crippen MR) is 95.2 cm³/mol. The highest BCUT2D eigenvalue weighted by molar-refractivity contribution is 7.09. The number of thiazole rings is 1. The lowest BCUT2D eigenvalue weighted by atomic mass is 10.1. The zero-order chi connectivity index (χ0) is 17.6. The van der Waals surface area contributed by atoms with Gasteiger partial charge in [-0.25, -0.2) is 9.37 Å². The number of amides is 1. The van der Waals surface area contributed by atoms with Crippen LogP contribution < -0.4 is 10.1 Å². The topological polar surface area (TPSA) is 51.2 Å². The Morgan fingerprint density at radius 3 is 2.72 bits per heavy atom. The summed E-state index contributed by atoms with van der Waals surface area (Å²) in [6.45, 7) is 2.34. The zero-order valence-electron chi connectivity index (χ0n) is 13.7. The second-order valence-corrected chi connectivity index (χ2v) is 6.48. The van der Waals surface area contributed by atoms with Crippen LogP contribution in [0.1, 0.15) is 26.6 Å². The van der Waals surface area contributed by atoms with Crippen molar-refractivity contribution in [3.05, 3.63) is 81.6 Å². The van der Waals surface area contributed by atoms with Gasteiger partial charge in [0.05, 0.1) is 16.3 Å². The molecule has 4 nitrogen and oxygen atoms in total. The van der Waals surface area contributed by atoms with Crippen molar-refractivity contribution in [1.82, 2.24) is 10.3 Å². The Morgan fingerprint density at radius 1 is 1.20 bits per heavy atom. The molecule has 0 bridgehead atoms. The Kier molecular flexibility index (Phi) is 5.40. The summed E-state index contributed by atoms with van der Waals surface area (Å²) in [6.07, 6.45) is 0. The third-order valence-electron chi connectivity index (χ3n) is 3.57. The number of carbonyl (C=O) groups is 1. The van der Waals surface area contributed by atoms with Gasteiger partial charge in [0.2, 0.25) is 0 Å². The summed E-state index contributed by atoms with van der Waals surface area (Å²) < 4.78 is 19.4. The molecule has 0 saturated heterocycles. The van der Waals surface area contributed by atoms with Gasteiger partial charge in [-0.2, -0.15) is 0 Å². The minimum absolute atomic E-state index is 0.116. The number of para-hydroxylation sites is 1. The predicted octanol–water partition coefficient (Wildman–Crippen LogP) is 4.10. The number of ether oxygens (including phenoxy) is 1. The summed E-state index contributed by atoms with van der Waals surface area (Å²) in [5.74, 6) is -0.182. The fraction of sp³-hybridized carbons (Fsp3) is 0.158. The summed E-state index contributed by atoms with van der Waals surface area (Å²) in [5.41, 5.74) is 1.67. The van der Waals surface area contributed by atoms with Crippen LogP contribution in [-0.4, -0.2) is 10.9 Å². The van der Waals surface area contributed by atoms with Gasteiger partial charge in [0.25, 0.3) is 5.91 Å². The average Bonchev–Trinajstić information content (AvgIpc) is 3.04. The van der Waals surface area contributed by atoms with Crippen LogP contribution in [-0.2, 0) is 13.2 Å². The summed E-state index contributed by atoms with van der Waals surface area (Å²) in [6, 6.07) is 13.3. The van der Waals surface area contributed by atoms with E-state index in [-0.39, 0.29) is 18.3 Å². The number of rotatable bonds is 6. The number of aryl methyl sites for hydroxylation is 1. The van der Waals surface area contributed by atoms with E-state index in [0.717, 1.165) is 10.7 Å². The molecule has 0 radical (unpaired) electrons. The molecule has 0 aliphatic carbocycles. The van der Waals surface area contributed by atoms with Crippen LogP contribution in [0.4, 0.5) is 4.39 Å². The number of benzene rings is 2. The van der Waals surface area contributed by atoms with Crippen LogP contribution in [0.3, 0.4) is 0 Å². The van der Waals surface area contributed by atoms with Gasteiger partial charge < -0.3 is 10.1 Å². The van der Waals surface area contributed by atoms with Crippen molar-refractivity contribution in [2.45, 2.75) is 20.1 Å². The molecule has 2 aromatic carbocycles. The highest BCUT2D eigenvalue weighted by Gasteiger charge is 2.13. The van der Waals surface area contributed by atoms with Gasteiger partial charge in [0, 0.05) is 17.5 Å². The van der Waals surface area contributed by atoms with Crippen molar-refractivity contribution < 1.29 is 13.9 Å².